The van der Waals surface area contributed by atoms with Gasteiger partial charge in [-0.25, -0.2) is 0 Å². The molecule has 2 unspecified atom stereocenters. The predicted octanol–water partition coefficient (Wildman–Crippen LogP) is 2.67. The van der Waals surface area contributed by atoms with Crippen LogP contribution in [0.3, 0.4) is 0 Å². The van der Waals surface area contributed by atoms with Gasteiger partial charge in [-0.2, -0.15) is 0 Å². The highest BCUT2D eigenvalue weighted by molar-refractivity contribution is 5.83. The number of carbonyl (C=O) groups excluding carboxylic acids is 2. The third-order valence-electron chi connectivity index (χ3n) is 5.18. The van der Waals surface area contributed by atoms with Crippen LogP contribution in [0.1, 0.15) is 58.3 Å². The van der Waals surface area contributed by atoms with Crippen LogP contribution in [0.5, 0.6) is 0 Å². The molecule has 1 aliphatic carbocycles. The minimum atomic E-state index is 0.0951. The van der Waals surface area contributed by atoms with Gasteiger partial charge >= 0.3 is 0 Å². The Morgan fingerprint density at radius 3 is 2.52 bits per heavy atom. The first kappa shape index (κ1) is 16.3. The van der Waals surface area contributed by atoms with Crippen molar-refractivity contribution in [1.82, 2.24) is 9.80 Å². The molecule has 0 aromatic heterocycles. The summed E-state index contributed by atoms with van der Waals surface area (Å²) in [4.78, 5) is 28.0. The smallest absolute Gasteiger partial charge is 0.223 e. The third kappa shape index (κ3) is 4.45. The Balaban J connectivity index is 1.74. The van der Waals surface area contributed by atoms with Crippen LogP contribution in [0.4, 0.5) is 0 Å². The maximum absolute atomic E-state index is 12.3. The average molecular weight is 294 g/mol. The summed E-state index contributed by atoms with van der Waals surface area (Å²) in [5.74, 6) is 1.84. The van der Waals surface area contributed by atoms with E-state index in [9.17, 15) is 9.59 Å². The summed E-state index contributed by atoms with van der Waals surface area (Å²) in [5.41, 5.74) is 0. The Bertz CT molecular complexity index is 370. The average Bonchev–Trinajstić information content (AvgIpc) is 2.52. The molecule has 120 valence electrons. The first-order chi connectivity index (χ1) is 10.1. The van der Waals surface area contributed by atoms with E-state index < -0.39 is 0 Å². The molecule has 2 amide bonds. The van der Waals surface area contributed by atoms with E-state index in [1.807, 2.05) is 11.9 Å². The zero-order valence-electron chi connectivity index (χ0n) is 13.6. The lowest BCUT2D eigenvalue weighted by atomic mass is 9.75. The number of hydrogen-bond acceptors (Lipinski definition) is 2. The second-order valence-corrected chi connectivity index (χ2v) is 6.75. The van der Waals surface area contributed by atoms with Crippen LogP contribution in [0.15, 0.2) is 0 Å². The lowest BCUT2D eigenvalue weighted by molar-refractivity contribution is -0.138. The quantitative estimate of drug-likeness (QED) is 0.782. The first-order valence-electron chi connectivity index (χ1n) is 8.63. The topological polar surface area (TPSA) is 40.6 Å². The van der Waals surface area contributed by atoms with Crippen LogP contribution in [-0.4, -0.2) is 48.3 Å². The van der Waals surface area contributed by atoms with Crippen LogP contribution in [0, 0.1) is 11.8 Å². The SMILES string of the molecule is CCCN(C)C(=O)CCC(=O)N1CCC2CCCCC2C1. The second kappa shape index (κ2) is 7.81. The van der Waals surface area contributed by atoms with Gasteiger partial charge in [-0.05, 0) is 31.1 Å². The molecular weight excluding hydrogens is 264 g/mol. The molecule has 0 N–H and O–H groups in total. The Morgan fingerprint density at radius 2 is 1.81 bits per heavy atom. The van der Waals surface area contributed by atoms with Crippen LogP contribution in [-0.2, 0) is 9.59 Å². The van der Waals surface area contributed by atoms with Gasteiger partial charge in [0.1, 0.15) is 0 Å². The molecule has 2 rings (SSSR count). The Hall–Kier alpha value is -1.06. The molecule has 2 aliphatic rings. The highest BCUT2D eigenvalue weighted by atomic mass is 16.2. The largest absolute Gasteiger partial charge is 0.346 e. The Kier molecular flexibility index (Phi) is 6.07. The van der Waals surface area contributed by atoms with Gasteiger partial charge < -0.3 is 9.80 Å². The molecule has 1 aliphatic heterocycles. The lowest BCUT2D eigenvalue weighted by Crippen LogP contribution is -2.45. The lowest BCUT2D eigenvalue weighted by Gasteiger charge is -2.41. The van der Waals surface area contributed by atoms with Gasteiger partial charge in [0.15, 0.2) is 0 Å². The molecule has 1 heterocycles. The standard InChI is InChI=1S/C17H30N2O2/c1-3-11-18(2)16(20)8-9-17(21)19-12-10-14-6-4-5-7-15(14)13-19/h14-15H,3-13H2,1-2H3. The molecule has 2 atom stereocenters. The monoisotopic (exact) mass is 294 g/mol. The molecular formula is C17H30N2O2. The van der Waals surface area contributed by atoms with E-state index in [1.54, 1.807) is 4.90 Å². The number of fused-ring (bicyclic) bond motifs is 1. The molecule has 21 heavy (non-hydrogen) atoms. The van der Waals surface area contributed by atoms with Crippen molar-refractivity contribution in [2.24, 2.45) is 11.8 Å². The van der Waals surface area contributed by atoms with E-state index in [-0.39, 0.29) is 11.8 Å². The summed E-state index contributed by atoms with van der Waals surface area (Å²) in [6, 6.07) is 0. The van der Waals surface area contributed by atoms with Crippen molar-refractivity contribution >= 4 is 11.8 Å². The number of piperidine rings is 1. The van der Waals surface area contributed by atoms with Crippen molar-refractivity contribution in [1.29, 1.82) is 0 Å². The van der Waals surface area contributed by atoms with Crippen molar-refractivity contribution in [3.63, 3.8) is 0 Å². The van der Waals surface area contributed by atoms with Crippen molar-refractivity contribution in [3.05, 3.63) is 0 Å². The Morgan fingerprint density at radius 1 is 1.10 bits per heavy atom. The predicted molar refractivity (Wildman–Crippen MR) is 83.8 cm³/mol. The van der Waals surface area contributed by atoms with Crippen LogP contribution < -0.4 is 0 Å². The number of nitrogens with zero attached hydrogens (tertiary/aromatic N) is 2. The number of amides is 2. The van der Waals surface area contributed by atoms with E-state index in [0.29, 0.717) is 12.8 Å². The van der Waals surface area contributed by atoms with Gasteiger partial charge in [0.05, 0.1) is 0 Å². The van der Waals surface area contributed by atoms with E-state index in [4.69, 9.17) is 0 Å². The molecule has 0 bridgehead atoms. The van der Waals surface area contributed by atoms with Crippen molar-refractivity contribution in [2.45, 2.75) is 58.3 Å². The van der Waals surface area contributed by atoms with Gasteiger partial charge in [0, 0.05) is 39.5 Å². The Labute approximate surface area is 128 Å². The highest BCUT2D eigenvalue weighted by Crippen LogP contribution is 2.36. The van der Waals surface area contributed by atoms with Gasteiger partial charge in [0.2, 0.25) is 11.8 Å². The minimum absolute atomic E-state index is 0.0951. The van der Waals surface area contributed by atoms with Crippen LogP contribution in [0.25, 0.3) is 0 Å². The van der Waals surface area contributed by atoms with Gasteiger partial charge in [0.25, 0.3) is 0 Å². The van der Waals surface area contributed by atoms with Crippen molar-refractivity contribution in [3.8, 4) is 0 Å². The summed E-state index contributed by atoms with van der Waals surface area (Å²) in [6.07, 6.45) is 8.20. The fourth-order valence-corrected chi connectivity index (χ4v) is 3.85. The molecule has 4 nitrogen and oxygen atoms in total. The molecule has 0 aromatic rings. The molecule has 1 saturated carbocycles. The van der Waals surface area contributed by atoms with Crippen molar-refractivity contribution in [2.75, 3.05) is 26.7 Å². The van der Waals surface area contributed by atoms with Crippen molar-refractivity contribution < 1.29 is 9.59 Å². The number of carbonyl (C=O) groups is 2. The zero-order valence-corrected chi connectivity index (χ0v) is 13.6. The summed E-state index contributed by atoms with van der Waals surface area (Å²) in [5, 5.41) is 0. The van der Waals surface area contributed by atoms with Gasteiger partial charge in [-0.15, -0.1) is 0 Å². The summed E-state index contributed by atoms with van der Waals surface area (Å²) < 4.78 is 0. The summed E-state index contributed by atoms with van der Waals surface area (Å²) in [6.45, 7) is 4.67. The van der Waals surface area contributed by atoms with E-state index in [0.717, 1.165) is 37.9 Å². The minimum Gasteiger partial charge on any atom is -0.346 e. The third-order valence-corrected chi connectivity index (χ3v) is 5.18. The maximum atomic E-state index is 12.3. The maximum Gasteiger partial charge on any atom is 0.223 e. The highest BCUT2D eigenvalue weighted by Gasteiger charge is 2.32. The summed E-state index contributed by atoms with van der Waals surface area (Å²) >= 11 is 0. The molecule has 0 aromatic carbocycles. The van der Waals surface area contributed by atoms with Crippen LogP contribution >= 0.6 is 0 Å². The number of hydrogen-bond donors (Lipinski definition) is 0. The first-order valence-corrected chi connectivity index (χ1v) is 8.63. The second-order valence-electron chi connectivity index (χ2n) is 6.75. The number of rotatable bonds is 5. The van der Waals surface area contributed by atoms with E-state index >= 15 is 0 Å². The molecule has 0 radical (unpaired) electrons. The fourth-order valence-electron chi connectivity index (χ4n) is 3.85. The summed E-state index contributed by atoms with van der Waals surface area (Å²) in [7, 11) is 1.82. The van der Waals surface area contributed by atoms with Gasteiger partial charge in [-0.1, -0.05) is 26.2 Å². The molecule has 1 saturated heterocycles. The van der Waals surface area contributed by atoms with Crippen LogP contribution in [0.2, 0.25) is 0 Å². The molecule has 0 spiro atoms. The molecule has 2 fully saturated rings. The fraction of sp³-hybridized carbons (Fsp3) is 0.882. The normalized spacial score (nSPS) is 25.3. The number of likely N-dealkylation sites (tertiary alicyclic amines) is 1. The molecule has 4 heteroatoms. The van der Waals surface area contributed by atoms with E-state index in [2.05, 4.69) is 6.92 Å². The van der Waals surface area contributed by atoms with Gasteiger partial charge in [-0.3, -0.25) is 9.59 Å². The zero-order chi connectivity index (χ0) is 15.2. The van der Waals surface area contributed by atoms with E-state index in [1.165, 1.54) is 32.1 Å².